The fourth-order valence-corrected chi connectivity index (χ4v) is 1.39. The number of aromatic nitrogens is 3. The van der Waals surface area contributed by atoms with E-state index in [-0.39, 0.29) is 0 Å². The van der Waals surface area contributed by atoms with Crippen molar-refractivity contribution >= 4 is 11.6 Å². The van der Waals surface area contributed by atoms with Gasteiger partial charge < -0.3 is 10.6 Å². The van der Waals surface area contributed by atoms with E-state index in [0.29, 0.717) is 0 Å². The van der Waals surface area contributed by atoms with Gasteiger partial charge in [-0.25, -0.2) is 15.0 Å². The van der Waals surface area contributed by atoms with Crippen molar-refractivity contribution in [2.24, 2.45) is 0 Å². The lowest BCUT2D eigenvalue weighted by molar-refractivity contribution is 0.756. The third-order valence-corrected chi connectivity index (χ3v) is 2.23. The van der Waals surface area contributed by atoms with Crippen molar-refractivity contribution in [3.63, 3.8) is 0 Å². The summed E-state index contributed by atoms with van der Waals surface area (Å²) in [5.41, 5.74) is 0. The topological polar surface area (TPSA) is 62.7 Å². The van der Waals surface area contributed by atoms with E-state index in [1.54, 1.807) is 12.4 Å². The first-order chi connectivity index (χ1) is 8.38. The Balaban J connectivity index is 2.06. The van der Waals surface area contributed by atoms with Gasteiger partial charge in [-0.3, -0.25) is 0 Å². The lowest BCUT2D eigenvalue weighted by Gasteiger charge is -2.05. The van der Waals surface area contributed by atoms with Gasteiger partial charge in [0.15, 0.2) is 0 Å². The van der Waals surface area contributed by atoms with Gasteiger partial charge >= 0.3 is 0 Å². The van der Waals surface area contributed by atoms with Gasteiger partial charge in [0.05, 0.1) is 0 Å². The summed E-state index contributed by atoms with van der Waals surface area (Å²) in [4.78, 5) is 12.8. The highest BCUT2D eigenvalue weighted by Crippen LogP contribution is 2.10. The molecule has 17 heavy (non-hydrogen) atoms. The molecule has 2 heterocycles. The van der Waals surface area contributed by atoms with Crippen LogP contribution in [-0.4, -0.2) is 28.5 Å². The van der Waals surface area contributed by atoms with Crippen LogP contribution in [-0.2, 0) is 6.42 Å². The van der Waals surface area contributed by atoms with Gasteiger partial charge in [-0.2, -0.15) is 0 Å². The lowest BCUT2D eigenvalue weighted by atomic mass is 10.4. The minimum atomic E-state index is 0.768. The summed E-state index contributed by atoms with van der Waals surface area (Å²) in [5.74, 6) is 2.37. The molecule has 5 heteroatoms. The Hall–Kier alpha value is -2.01. The second-order valence-corrected chi connectivity index (χ2v) is 3.55. The van der Waals surface area contributed by atoms with Crippen molar-refractivity contribution in [2.45, 2.75) is 6.42 Å². The van der Waals surface area contributed by atoms with Crippen LogP contribution >= 0.6 is 0 Å². The van der Waals surface area contributed by atoms with Crippen LogP contribution in [0, 0.1) is 0 Å². The number of pyridine rings is 1. The number of nitrogens with one attached hydrogen (secondary N) is 2. The zero-order valence-electron chi connectivity index (χ0n) is 9.72. The molecule has 0 saturated carbocycles. The number of hydrogen-bond acceptors (Lipinski definition) is 5. The first-order valence-electron chi connectivity index (χ1n) is 5.53. The predicted molar refractivity (Wildman–Crippen MR) is 67.2 cm³/mol. The highest BCUT2D eigenvalue weighted by atomic mass is 15.1. The minimum absolute atomic E-state index is 0.768. The van der Waals surface area contributed by atoms with Crippen LogP contribution in [0.2, 0.25) is 0 Å². The van der Waals surface area contributed by atoms with Crippen LogP contribution in [0.4, 0.5) is 11.6 Å². The van der Waals surface area contributed by atoms with E-state index in [9.17, 15) is 0 Å². The molecule has 0 aliphatic carbocycles. The standard InChI is InChI=1S/C12H15N5/c1-13-8-5-11-15-9-6-12(17-11)16-10-4-2-3-7-14-10/h2-4,6-7,9,13H,5,8H2,1H3,(H,14,15,16,17). The molecule has 0 atom stereocenters. The quantitative estimate of drug-likeness (QED) is 0.811. The molecule has 0 aliphatic rings. The number of likely N-dealkylation sites (N-methyl/N-ethyl adjacent to an activating group) is 1. The first-order valence-corrected chi connectivity index (χ1v) is 5.53. The number of hydrogen-bond donors (Lipinski definition) is 2. The summed E-state index contributed by atoms with van der Waals surface area (Å²) in [6.07, 6.45) is 4.31. The Morgan fingerprint density at radius 3 is 2.76 bits per heavy atom. The van der Waals surface area contributed by atoms with E-state index in [1.807, 2.05) is 31.3 Å². The van der Waals surface area contributed by atoms with Gasteiger partial charge in [0.25, 0.3) is 0 Å². The fraction of sp³-hybridized carbons (Fsp3) is 0.250. The maximum absolute atomic E-state index is 4.40. The largest absolute Gasteiger partial charge is 0.325 e. The molecule has 0 fully saturated rings. The Labute approximate surface area is 100 Å². The van der Waals surface area contributed by atoms with Crippen LogP contribution in [0.15, 0.2) is 36.7 Å². The SMILES string of the molecule is CNCCc1nccc(Nc2ccccn2)n1. The van der Waals surface area contributed by atoms with Crippen molar-refractivity contribution in [1.29, 1.82) is 0 Å². The predicted octanol–water partition coefficient (Wildman–Crippen LogP) is 1.38. The Morgan fingerprint density at radius 1 is 1.06 bits per heavy atom. The number of nitrogens with zero attached hydrogens (tertiary/aromatic N) is 3. The molecule has 0 bridgehead atoms. The summed E-state index contributed by atoms with van der Waals surface area (Å²) < 4.78 is 0. The molecule has 5 nitrogen and oxygen atoms in total. The van der Waals surface area contributed by atoms with E-state index < -0.39 is 0 Å². The molecule has 0 saturated heterocycles. The van der Waals surface area contributed by atoms with Gasteiger partial charge in [0, 0.05) is 25.4 Å². The second kappa shape index (κ2) is 5.91. The van der Waals surface area contributed by atoms with Crippen LogP contribution < -0.4 is 10.6 Å². The maximum Gasteiger partial charge on any atom is 0.135 e. The first kappa shape index (κ1) is 11.5. The molecule has 2 N–H and O–H groups in total. The summed E-state index contributed by atoms with van der Waals surface area (Å²) in [5, 5.41) is 6.21. The molecular formula is C12H15N5. The second-order valence-electron chi connectivity index (χ2n) is 3.55. The smallest absolute Gasteiger partial charge is 0.135 e. The summed E-state index contributed by atoms with van der Waals surface area (Å²) in [7, 11) is 1.91. The van der Waals surface area contributed by atoms with Crippen molar-refractivity contribution in [2.75, 3.05) is 18.9 Å². The van der Waals surface area contributed by atoms with Crippen LogP contribution in [0.3, 0.4) is 0 Å². The van der Waals surface area contributed by atoms with E-state index >= 15 is 0 Å². The van der Waals surface area contributed by atoms with Gasteiger partial charge in [-0.1, -0.05) is 6.07 Å². The maximum atomic E-state index is 4.40. The lowest BCUT2D eigenvalue weighted by Crippen LogP contribution is -2.12. The highest BCUT2D eigenvalue weighted by molar-refractivity contribution is 5.50. The average Bonchev–Trinajstić information content (AvgIpc) is 2.38. The highest BCUT2D eigenvalue weighted by Gasteiger charge is 1.99. The number of rotatable bonds is 5. The van der Waals surface area contributed by atoms with Crippen molar-refractivity contribution in [3.8, 4) is 0 Å². The molecular weight excluding hydrogens is 214 g/mol. The molecule has 2 aromatic rings. The third-order valence-electron chi connectivity index (χ3n) is 2.23. The van der Waals surface area contributed by atoms with E-state index in [0.717, 1.165) is 30.4 Å². The molecule has 0 unspecified atom stereocenters. The Morgan fingerprint density at radius 2 is 2.00 bits per heavy atom. The monoisotopic (exact) mass is 229 g/mol. The minimum Gasteiger partial charge on any atom is -0.325 e. The van der Waals surface area contributed by atoms with Crippen molar-refractivity contribution in [1.82, 2.24) is 20.3 Å². The van der Waals surface area contributed by atoms with Gasteiger partial charge in [-0.05, 0) is 25.2 Å². The molecule has 0 spiro atoms. The van der Waals surface area contributed by atoms with Crippen molar-refractivity contribution < 1.29 is 0 Å². The summed E-state index contributed by atoms with van der Waals surface area (Å²) in [6, 6.07) is 7.54. The average molecular weight is 229 g/mol. The van der Waals surface area contributed by atoms with Gasteiger partial charge in [0.1, 0.15) is 17.5 Å². The van der Waals surface area contributed by atoms with E-state index in [4.69, 9.17) is 0 Å². The Kier molecular flexibility index (Phi) is 3.99. The van der Waals surface area contributed by atoms with Crippen molar-refractivity contribution in [3.05, 3.63) is 42.5 Å². The molecule has 0 radical (unpaired) electrons. The third kappa shape index (κ3) is 3.49. The zero-order chi connectivity index (χ0) is 11.9. The molecule has 0 aliphatic heterocycles. The van der Waals surface area contributed by atoms with Gasteiger partial charge in [-0.15, -0.1) is 0 Å². The van der Waals surface area contributed by atoms with Gasteiger partial charge in [0.2, 0.25) is 0 Å². The normalized spacial score (nSPS) is 10.2. The molecule has 2 rings (SSSR count). The summed E-state index contributed by atoms with van der Waals surface area (Å²) >= 11 is 0. The van der Waals surface area contributed by atoms with E-state index in [2.05, 4.69) is 25.6 Å². The molecule has 2 aromatic heterocycles. The molecule has 0 aromatic carbocycles. The molecule has 88 valence electrons. The number of anilines is 2. The van der Waals surface area contributed by atoms with E-state index in [1.165, 1.54) is 0 Å². The molecule has 0 amide bonds. The summed E-state index contributed by atoms with van der Waals surface area (Å²) in [6.45, 7) is 0.868. The van der Waals surface area contributed by atoms with Crippen LogP contribution in [0.5, 0.6) is 0 Å². The zero-order valence-corrected chi connectivity index (χ0v) is 9.72. The Bertz CT molecular complexity index is 457. The fourth-order valence-electron chi connectivity index (χ4n) is 1.39. The van der Waals surface area contributed by atoms with Crippen LogP contribution in [0.1, 0.15) is 5.82 Å². The van der Waals surface area contributed by atoms with Crippen LogP contribution in [0.25, 0.3) is 0 Å².